The van der Waals surface area contributed by atoms with Crippen LogP contribution in [0.3, 0.4) is 0 Å². The molecule has 2 fully saturated rings. The van der Waals surface area contributed by atoms with Gasteiger partial charge in [0, 0.05) is 64.2 Å². The van der Waals surface area contributed by atoms with Crippen LogP contribution in [-0.4, -0.2) is 41.4 Å². The highest BCUT2D eigenvalue weighted by atomic mass is 32.2. The number of nitrogens with one attached hydrogen (secondary N) is 1. The van der Waals surface area contributed by atoms with Gasteiger partial charge in [-0.2, -0.15) is 11.8 Å². The second kappa shape index (κ2) is 10.9. The number of hydrogen-bond acceptors (Lipinski definition) is 4. The molecule has 3 aliphatic carbocycles. The van der Waals surface area contributed by atoms with Crippen molar-refractivity contribution in [2.45, 2.75) is 107 Å². The van der Waals surface area contributed by atoms with Gasteiger partial charge in [-0.25, -0.2) is 0 Å². The Labute approximate surface area is 234 Å². The van der Waals surface area contributed by atoms with E-state index in [9.17, 15) is 0 Å². The molecule has 1 aromatic carbocycles. The summed E-state index contributed by atoms with van der Waals surface area (Å²) in [4.78, 5) is 7.55. The summed E-state index contributed by atoms with van der Waals surface area (Å²) in [7, 11) is 0. The standard InChI is InChI=1S/C34H45N3S/c1-23-8-4-5-21-37(26-17-14-24(15-18-26)29-11-7-20-35-29)31-12-6-10-30(34(23)31)36-25-16-19-33-28(22-25)27-9-2-3-13-32(27)38-33/h6,8-10,12,14,17,24-26,28,32-33,36H,2-5,7,11,13,15-16,18-22H2,1H3/b23-8+. The van der Waals surface area contributed by atoms with E-state index in [2.05, 4.69) is 71.4 Å². The summed E-state index contributed by atoms with van der Waals surface area (Å²) in [6.45, 7) is 4.53. The monoisotopic (exact) mass is 527 g/mol. The maximum Gasteiger partial charge on any atom is 0.0473 e. The Morgan fingerprint density at radius 2 is 1.92 bits per heavy atom. The minimum Gasteiger partial charge on any atom is -0.382 e. The zero-order valence-electron chi connectivity index (χ0n) is 23.2. The fourth-order valence-corrected chi connectivity index (χ4v) is 10.2. The molecule has 6 atom stereocenters. The lowest BCUT2D eigenvalue weighted by atomic mass is 9.77. The second-order valence-electron chi connectivity index (χ2n) is 12.6. The molecular formula is C34H45N3S. The van der Waals surface area contributed by atoms with Gasteiger partial charge in [0.2, 0.25) is 0 Å². The number of hydrogen-bond donors (Lipinski definition) is 1. The number of nitrogens with zero attached hydrogens (tertiary/aromatic N) is 2. The third-order valence-corrected chi connectivity index (χ3v) is 12.0. The van der Waals surface area contributed by atoms with Crippen LogP contribution in [0, 0.1) is 11.8 Å². The average molecular weight is 528 g/mol. The molecule has 1 saturated heterocycles. The molecule has 7 rings (SSSR count). The van der Waals surface area contributed by atoms with E-state index in [-0.39, 0.29) is 0 Å². The Balaban J connectivity index is 1.14. The summed E-state index contributed by atoms with van der Waals surface area (Å²) in [6, 6.07) is 8.14. The molecule has 1 N–H and O–H groups in total. The third-order valence-electron chi connectivity index (χ3n) is 10.2. The maximum absolute atomic E-state index is 4.81. The van der Waals surface area contributed by atoms with Gasteiger partial charge in [0.25, 0.3) is 0 Å². The first-order valence-corrected chi connectivity index (χ1v) is 16.6. The molecule has 0 amide bonds. The number of aliphatic imine (C=N–C) groups is 1. The van der Waals surface area contributed by atoms with Crippen molar-refractivity contribution in [2.75, 3.05) is 23.3 Å². The van der Waals surface area contributed by atoms with Gasteiger partial charge >= 0.3 is 0 Å². The first-order chi connectivity index (χ1) is 18.7. The molecule has 4 heteroatoms. The van der Waals surface area contributed by atoms with Crippen molar-refractivity contribution in [1.82, 2.24) is 0 Å². The largest absolute Gasteiger partial charge is 0.382 e. The normalized spacial score (nSPS) is 36.1. The maximum atomic E-state index is 4.81. The van der Waals surface area contributed by atoms with Crippen molar-refractivity contribution >= 4 is 34.4 Å². The third kappa shape index (κ3) is 4.80. The number of thioether (sulfide) groups is 1. The fourth-order valence-electron chi connectivity index (χ4n) is 8.29. The van der Waals surface area contributed by atoms with Crippen LogP contribution in [0.4, 0.5) is 11.4 Å². The lowest BCUT2D eigenvalue weighted by molar-refractivity contribution is 0.388. The van der Waals surface area contributed by atoms with Gasteiger partial charge in [-0.1, -0.05) is 35.9 Å². The van der Waals surface area contributed by atoms with E-state index in [4.69, 9.17) is 4.99 Å². The molecule has 3 nitrogen and oxygen atoms in total. The van der Waals surface area contributed by atoms with Crippen molar-refractivity contribution in [3.63, 3.8) is 0 Å². The van der Waals surface area contributed by atoms with E-state index in [0.29, 0.717) is 18.0 Å². The summed E-state index contributed by atoms with van der Waals surface area (Å²) in [5.74, 6) is 1.39. The van der Waals surface area contributed by atoms with Crippen LogP contribution in [0.15, 0.2) is 53.1 Å². The molecule has 0 aromatic heterocycles. The topological polar surface area (TPSA) is 27.6 Å². The fraction of sp³-hybridized carbons (Fsp3) is 0.618. The van der Waals surface area contributed by atoms with Crippen molar-refractivity contribution < 1.29 is 0 Å². The van der Waals surface area contributed by atoms with Crippen molar-refractivity contribution in [1.29, 1.82) is 0 Å². The molecule has 0 bridgehead atoms. The summed E-state index contributed by atoms with van der Waals surface area (Å²) >= 11 is 2.31. The number of rotatable bonds is 4. The first kappa shape index (κ1) is 25.1. The Kier molecular flexibility index (Phi) is 7.19. The zero-order valence-corrected chi connectivity index (χ0v) is 24.0. The van der Waals surface area contributed by atoms with Crippen LogP contribution in [0.2, 0.25) is 0 Å². The van der Waals surface area contributed by atoms with Gasteiger partial charge in [0.05, 0.1) is 0 Å². The smallest absolute Gasteiger partial charge is 0.0473 e. The SMILES string of the molecule is C/C1=C\CCCN(C2C=CC(C3=NCCC3)CC2)c2cccc(NC3CCC4SC5CCCC=C5C4C3)c21. The molecule has 0 spiro atoms. The van der Waals surface area contributed by atoms with E-state index in [1.165, 1.54) is 105 Å². The predicted octanol–water partition coefficient (Wildman–Crippen LogP) is 8.43. The highest BCUT2D eigenvalue weighted by Crippen LogP contribution is 2.53. The first-order valence-electron chi connectivity index (χ1n) is 15.6. The molecule has 38 heavy (non-hydrogen) atoms. The predicted molar refractivity (Wildman–Crippen MR) is 166 cm³/mol. The molecule has 6 aliphatic rings. The molecule has 3 aliphatic heterocycles. The number of anilines is 2. The van der Waals surface area contributed by atoms with Gasteiger partial charge in [-0.3, -0.25) is 4.99 Å². The minimum atomic E-state index is 0.495. The van der Waals surface area contributed by atoms with Crippen LogP contribution in [0.5, 0.6) is 0 Å². The van der Waals surface area contributed by atoms with Crippen LogP contribution in [0.1, 0.15) is 89.5 Å². The summed E-state index contributed by atoms with van der Waals surface area (Å²) in [6.07, 6.45) is 25.6. The molecule has 202 valence electrons. The van der Waals surface area contributed by atoms with E-state index in [1.807, 2.05) is 5.57 Å². The molecule has 3 heterocycles. The van der Waals surface area contributed by atoms with Crippen molar-refractivity contribution in [3.05, 3.63) is 53.6 Å². The van der Waals surface area contributed by atoms with E-state index in [0.717, 1.165) is 29.5 Å². The number of fused-ring (bicyclic) bond motifs is 4. The molecule has 0 radical (unpaired) electrons. The number of benzene rings is 1. The highest BCUT2D eigenvalue weighted by molar-refractivity contribution is 8.01. The quantitative estimate of drug-likeness (QED) is 0.398. The lowest BCUT2D eigenvalue weighted by Crippen LogP contribution is -2.38. The van der Waals surface area contributed by atoms with Crippen molar-refractivity contribution in [3.8, 4) is 0 Å². The van der Waals surface area contributed by atoms with Gasteiger partial charge in [0.1, 0.15) is 0 Å². The van der Waals surface area contributed by atoms with E-state index >= 15 is 0 Å². The van der Waals surface area contributed by atoms with Gasteiger partial charge in [0.15, 0.2) is 0 Å². The van der Waals surface area contributed by atoms with Crippen LogP contribution in [-0.2, 0) is 0 Å². The minimum absolute atomic E-state index is 0.495. The Morgan fingerprint density at radius 1 is 0.974 bits per heavy atom. The second-order valence-corrected chi connectivity index (χ2v) is 14.0. The van der Waals surface area contributed by atoms with Crippen LogP contribution >= 0.6 is 11.8 Å². The van der Waals surface area contributed by atoms with Gasteiger partial charge in [-0.05, 0) is 108 Å². The average Bonchev–Trinajstić information content (AvgIpc) is 3.61. The highest BCUT2D eigenvalue weighted by Gasteiger charge is 2.43. The number of allylic oxidation sites excluding steroid dienone is 4. The zero-order chi connectivity index (χ0) is 25.5. The summed E-state index contributed by atoms with van der Waals surface area (Å²) < 4.78 is 0. The molecule has 1 saturated carbocycles. The van der Waals surface area contributed by atoms with E-state index in [1.54, 1.807) is 0 Å². The van der Waals surface area contributed by atoms with E-state index < -0.39 is 0 Å². The van der Waals surface area contributed by atoms with Gasteiger partial charge in [-0.15, -0.1) is 0 Å². The van der Waals surface area contributed by atoms with Crippen LogP contribution < -0.4 is 10.2 Å². The molecule has 1 aromatic rings. The Bertz CT molecular complexity index is 1160. The van der Waals surface area contributed by atoms with Crippen molar-refractivity contribution in [2.24, 2.45) is 16.8 Å². The van der Waals surface area contributed by atoms with Gasteiger partial charge < -0.3 is 10.2 Å². The molecule has 6 unspecified atom stereocenters. The summed E-state index contributed by atoms with van der Waals surface area (Å²) in [5, 5.41) is 5.82. The van der Waals surface area contributed by atoms with Crippen LogP contribution in [0.25, 0.3) is 5.57 Å². The summed E-state index contributed by atoms with van der Waals surface area (Å²) in [5.41, 5.74) is 8.99. The lowest BCUT2D eigenvalue weighted by Gasteiger charge is -2.39. The Hall–Kier alpha value is -1.94. The molecular weight excluding hydrogens is 482 g/mol. The Morgan fingerprint density at radius 3 is 2.79 bits per heavy atom.